The van der Waals surface area contributed by atoms with E-state index in [0.29, 0.717) is 18.7 Å². The van der Waals surface area contributed by atoms with Crippen molar-refractivity contribution in [3.05, 3.63) is 29.8 Å². The Morgan fingerprint density at radius 2 is 2.00 bits per heavy atom. The van der Waals surface area contributed by atoms with Crippen LogP contribution in [0.4, 0.5) is 5.69 Å². The van der Waals surface area contributed by atoms with Crippen LogP contribution in [0.25, 0.3) is 0 Å². The molecule has 106 valence electrons. The fraction of sp³-hybridized carbons (Fsp3) is 0.571. The maximum atomic E-state index is 11.7. The van der Waals surface area contributed by atoms with Crippen LogP contribution in [0.15, 0.2) is 24.3 Å². The monoisotopic (exact) mass is 282 g/mol. The molecule has 4 nitrogen and oxygen atoms in total. The molecule has 0 bridgehead atoms. The molecule has 1 aromatic carbocycles. The molecule has 0 aromatic heterocycles. The van der Waals surface area contributed by atoms with E-state index in [4.69, 9.17) is 5.73 Å². The van der Waals surface area contributed by atoms with E-state index in [0.717, 1.165) is 24.2 Å². The molecule has 1 aliphatic heterocycles. The van der Waals surface area contributed by atoms with Crippen LogP contribution in [0.1, 0.15) is 31.4 Å². The number of rotatable bonds is 3. The van der Waals surface area contributed by atoms with E-state index in [2.05, 4.69) is 11.8 Å². The van der Waals surface area contributed by atoms with Crippen molar-refractivity contribution in [1.82, 2.24) is 0 Å². The summed E-state index contributed by atoms with van der Waals surface area (Å²) in [4.78, 5) is 2.16. The molecule has 5 heteroatoms. The standard InChI is InChI=1S/C14H22N2O2S/c1-2-13(15)12-6-3-4-7-14(12)16-8-5-10-19(17,18)11-9-16/h3-4,6-7,13H,2,5,8-11,15H2,1H3/t13-/m0/s1. The van der Waals surface area contributed by atoms with Gasteiger partial charge in [-0.2, -0.15) is 0 Å². The number of anilines is 1. The molecule has 1 saturated heterocycles. The largest absolute Gasteiger partial charge is 0.370 e. The third kappa shape index (κ3) is 3.48. The second-order valence-corrected chi connectivity index (χ2v) is 7.37. The van der Waals surface area contributed by atoms with Crippen LogP contribution in [0.5, 0.6) is 0 Å². The van der Waals surface area contributed by atoms with Crippen LogP contribution in [-0.4, -0.2) is 33.0 Å². The van der Waals surface area contributed by atoms with Crippen molar-refractivity contribution in [2.45, 2.75) is 25.8 Å². The molecule has 0 saturated carbocycles. The number of hydrogen-bond donors (Lipinski definition) is 1. The van der Waals surface area contributed by atoms with Gasteiger partial charge in [-0.25, -0.2) is 8.42 Å². The molecule has 1 aliphatic rings. The fourth-order valence-electron chi connectivity index (χ4n) is 2.49. The van der Waals surface area contributed by atoms with Crippen molar-refractivity contribution < 1.29 is 8.42 Å². The van der Waals surface area contributed by atoms with Crippen molar-refractivity contribution in [2.75, 3.05) is 29.5 Å². The third-order valence-electron chi connectivity index (χ3n) is 3.67. The van der Waals surface area contributed by atoms with E-state index in [1.807, 2.05) is 24.3 Å². The van der Waals surface area contributed by atoms with Gasteiger partial charge in [-0.3, -0.25) is 0 Å². The molecule has 19 heavy (non-hydrogen) atoms. The lowest BCUT2D eigenvalue weighted by Gasteiger charge is -2.26. The zero-order chi connectivity index (χ0) is 13.9. The summed E-state index contributed by atoms with van der Waals surface area (Å²) in [7, 11) is -2.87. The van der Waals surface area contributed by atoms with Crippen LogP contribution in [-0.2, 0) is 9.84 Å². The second-order valence-electron chi connectivity index (χ2n) is 5.07. The predicted molar refractivity (Wildman–Crippen MR) is 79.1 cm³/mol. The summed E-state index contributed by atoms with van der Waals surface area (Å²) in [6, 6.07) is 8.07. The van der Waals surface area contributed by atoms with Crippen molar-refractivity contribution in [3.63, 3.8) is 0 Å². The first kappa shape index (κ1) is 14.3. The van der Waals surface area contributed by atoms with Gasteiger partial charge in [0.05, 0.1) is 11.5 Å². The van der Waals surface area contributed by atoms with E-state index in [-0.39, 0.29) is 11.8 Å². The van der Waals surface area contributed by atoms with Crippen molar-refractivity contribution >= 4 is 15.5 Å². The molecule has 1 atom stereocenters. The summed E-state index contributed by atoms with van der Waals surface area (Å²) in [6.07, 6.45) is 1.57. The Morgan fingerprint density at radius 1 is 1.26 bits per heavy atom. The molecule has 0 unspecified atom stereocenters. The minimum atomic E-state index is -2.87. The Kier molecular flexibility index (Phi) is 4.47. The van der Waals surface area contributed by atoms with Gasteiger partial charge in [0.15, 0.2) is 9.84 Å². The maximum absolute atomic E-state index is 11.7. The van der Waals surface area contributed by atoms with Crippen LogP contribution in [0.2, 0.25) is 0 Å². The molecule has 2 N–H and O–H groups in total. The molecule has 0 spiro atoms. The van der Waals surface area contributed by atoms with Gasteiger partial charge in [0.1, 0.15) is 0 Å². The normalized spacial score (nSPS) is 20.8. The average molecular weight is 282 g/mol. The molecule has 0 amide bonds. The summed E-state index contributed by atoms with van der Waals surface area (Å²) in [5.74, 6) is 0.536. The minimum absolute atomic E-state index is 0.0102. The van der Waals surface area contributed by atoms with Crippen LogP contribution < -0.4 is 10.6 Å². The van der Waals surface area contributed by atoms with Gasteiger partial charge in [-0.05, 0) is 24.5 Å². The summed E-state index contributed by atoms with van der Waals surface area (Å²) in [5.41, 5.74) is 8.36. The topological polar surface area (TPSA) is 63.4 Å². The van der Waals surface area contributed by atoms with E-state index in [9.17, 15) is 8.42 Å². The molecule has 1 fully saturated rings. The number of benzene rings is 1. The van der Waals surface area contributed by atoms with Crippen molar-refractivity contribution in [3.8, 4) is 0 Å². The van der Waals surface area contributed by atoms with E-state index >= 15 is 0 Å². The van der Waals surface area contributed by atoms with E-state index < -0.39 is 9.84 Å². The first-order valence-electron chi connectivity index (χ1n) is 6.83. The number of nitrogens with zero attached hydrogens (tertiary/aromatic N) is 1. The molecular weight excluding hydrogens is 260 g/mol. The minimum Gasteiger partial charge on any atom is -0.370 e. The van der Waals surface area contributed by atoms with Gasteiger partial charge < -0.3 is 10.6 Å². The lowest BCUT2D eigenvalue weighted by molar-refractivity contribution is 0.597. The molecule has 0 radical (unpaired) electrons. The van der Waals surface area contributed by atoms with Gasteiger partial charge in [0, 0.05) is 24.8 Å². The average Bonchev–Trinajstić information content (AvgIpc) is 2.59. The molecule has 2 rings (SSSR count). The molecule has 1 heterocycles. The first-order valence-corrected chi connectivity index (χ1v) is 8.65. The first-order chi connectivity index (χ1) is 9.03. The zero-order valence-corrected chi connectivity index (χ0v) is 12.2. The van der Waals surface area contributed by atoms with Crippen molar-refractivity contribution in [2.24, 2.45) is 5.73 Å². The highest BCUT2D eigenvalue weighted by Crippen LogP contribution is 2.27. The zero-order valence-electron chi connectivity index (χ0n) is 11.4. The summed E-state index contributed by atoms with van der Waals surface area (Å²) in [5, 5.41) is 0. The van der Waals surface area contributed by atoms with Crippen LogP contribution in [0.3, 0.4) is 0 Å². The molecule has 0 aliphatic carbocycles. The number of nitrogens with two attached hydrogens (primary N) is 1. The fourth-order valence-corrected chi connectivity index (χ4v) is 3.76. The Bertz CT molecular complexity index is 528. The van der Waals surface area contributed by atoms with E-state index in [1.165, 1.54) is 0 Å². The number of hydrogen-bond acceptors (Lipinski definition) is 4. The highest BCUT2D eigenvalue weighted by molar-refractivity contribution is 7.91. The second kappa shape index (κ2) is 5.92. The van der Waals surface area contributed by atoms with Gasteiger partial charge in [-0.15, -0.1) is 0 Å². The summed E-state index contributed by atoms with van der Waals surface area (Å²) < 4.78 is 23.3. The molecule has 1 aromatic rings. The van der Waals surface area contributed by atoms with Gasteiger partial charge in [0.2, 0.25) is 0 Å². The van der Waals surface area contributed by atoms with Gasteiger partial charge in [0.25, 0.3) is 0 Å². The lowest BCUT2D eigenvalue weighted by atomic mass is 10.0. The van der Waals surface area contributed by atoms with E-state index in [1.54, 1.807) is 0 Å². The summed E-state index contributed by atoms with van der Waals surface area (Å²) >= 11 is 0. The molecular formula is C14H22N2O2S. The summed E-state index contributed by atoms with van der Waals surface area (Å²) in [6.45, 7) is 3.41. The number of para-hydroxylation sites is 1. The number of sulfone groups is 1. The third-order valence-corrected chi connectivity index (χ3v) is 5.39. The van der Waals surface area contributed by atoms with Crippen LogP contribution in [0, 0.1) is 0 Å². The highest BCUT2D eigenvalue weighted by Gasteiger charge is 2.21. The quantitative estimate of drug-likeness (QED) is 0.917. The lowest BCUT2D eigenvalue weighted by Crippen LogP contribution is -2.28. The highest BCUT2D eigenvalue weighted by atomic mass is 32.2. The SMILES string of the molecule is CC[C@H](N)c1ccccc1N1CCCS(=O)(=O)CC1. The Balaban J connectivity index is 2.26. The van der Waals surface area contributed by atoms with Crippen molar-refractivity contribution in [1.29, 1.82) is 0 Å². The predicted octanol–water partition coefficient (Wildman–Crippen LogP) is 1.72. The smallest absolute Gasteiger partial charge is 0.152 e. The Labute approximate surface area is 115 Å². The van der Waals surface area contributed by atoms with Gasteiger partial charge in [-0.1, -0.05) is 25.1 Å². The van der Waals surface area contributed by atoms with Crippen LogP contribution >= 0.6 is 0 Å². The Morgan fingerprint density at radius 3 is 2.74 bits per heavy atom. The van der Waals surface area contributed by atoms with Gasteiger partial charge >= 0.3 is 0 Å². The Hall–Kier alpha value is -1.07. The maximum Gasteiger partial charge on any atom is 0.152 e.